The zero-order valence-corrected chi connectivity index (χ0v) is 7.14. The number of carbonyl (C=O) groups excluding carboxylic acids is 1. The summed E-state index contributed by atoms with van der Waals surface area (Å²) in [5.41, 5.74) is -0.216. The zero-order chi connectivity index (χ0) is 8.36. The fourth-order valence-corrected chi connectivity index (χ4v) is 0.597. The second-order valence-electron chi connectivity index (χ2n) is 3.06. The molecule has 0 aromatic rings. The third-order valence-corrected chi connectivity index (χ3v) is 1.86. The first-order chi connectivity index (χ1) is 4.41. The third-order valence-electron chi connectivity index (χ3n) is 1.86. The van der Waals surface area contributed by atoms with Gasteiger partial charge < -0.3 is 0 Å². The quantitative estimate of drug-likeness (QED) is 0.355. The highest BCUT2D eigenvalue weighted by atomic mass is 16.2. The van der Waals surface area contributed by atoms with Gasteiger partial charge in [-0.15, -0.1) is 0 Å². The van der Waals surface area contributed by atoms with E-state index in [1.54, 1.807) is 0 Å². The van der Waals surface area contributed by atoms with E-state index < -0.39 is 0 Å². The predicted molar refractivity (Wildman–Crippen MR) is 41.1 cm³/mol. The highest BCUT2D eigenvalue weighted by Crippen LogP contribution is 2.13. The van der Waals surface area contributed by atoms with Crippen molar-refractivity contribution in [2.45, 2.75) is 39.7 Å². The average Bonchev–Trinajstić information content (AvgIpc) is 1.86. The van der Waals surface area contributed by atoms with Gasteiger partial charge in [0.15, 0.2) is 0 Å². The zero-order valence-electron chi connectivity index (χ0n) is 7.14. The van der Waals surface area contributed by atoms with Crippen molar-refractivity contribution in [3.63, 3.8) is 0 Å². The van der Waals surface area contributed by atoms with Crippen LogP contribution in [-0.2, 0) is 4.79 Å². The normalized spacial score (nSPS) is 11.3. The molecule has 0 heterocycles. The van der Waals surface area contributed by atoms with Crippen molar-refractivity contribution in [2.75, 3.05) is 0 Å². The molecule has 0 atom stereocenters. The Hall–Kier alpha value is -0.570. The molecule has 60 valence electrons. The summed E-state index contributed by atoms with van der Waals surface area (Å²) in [7, 11) is 0. The maximum absolute atomic E-state index is 10.8. The summed E-state index contributed by atoms with van der Waals surface area (Å²) >= 11 is 0. The van der Waals surface area contributed by atoms with Crippen LogP contribution in [0.25, 0.3) is 0 Å². The first-order valence-electron chi connectivity index (χ1n) is 3.47. The summed E-state index contributed by atoms with van der Waals surface area (Å²) in [6, 6.07) is 0. The molecule has 0 aliphatic heterocycles. The van der Waals surface area contributed by atoms with Crippen LogP contribution in [0.2, 0.25) is 0 Å². The summed E-state index contributed by atoms with van der Waals surface area (Å²) in [6.45, 7) is 7.35. The Morgan fingerprint density at radius 3 is 2.10 bits per heavy atom. The van der Waals surface area contributed by atoms with Crippen LogP contribution >= 0.6 is 0 Å². The number of amides is 1. The molecule has 1 amide bonds. The smallest absolute Gasteiger partial charge is 0.233 e. The lowest BCUT2D eigenvalue weighted by Crippen LogP contribution is -2.50. The molecule has 0 spiro atoms. The first kappa shape index (κ1) is 9.43. The van der Waals surface area contributed by atoms with E-state index in [9.17, 15) is 4.79 Å². The van der Waals surface area contributed by atoms with E-state index >= 15 is 0 Å². The van der Waals surface area contributed by atoms with Crippen molar-refractivity contribution < 1.29 is 4.79 Å². The largest absolute Gasteiger partial charge is 0.275 e. The Morgan fingerprint density at radius 1 is 1.60 bits per heavy atom. The number of hydrogen-bond donors (Lipinski definition) is 1. The Bertz CT molecular complexity index is 132. The summed E-state index contributed by atoms with van der Waals surface area (Å²) in [4.78, 5) is 10.8. The van der Waals surface area contributed by atoms with Crippen LogP contribution in [-0.4, -0.2) is 16.5 Å². The Morgan fingerprint density at radius 2 is 2.00 bits per heavy atom. The van der Waals surface area contributed by atoms with Gasteiger partial charge in [-0.3, -0.25) is 9.80 Å². The molecule has 0 aromatic carbocycles. The van der Waals surface area contributed by atoms with Crippen molar-refractivity contribution in [1.29, 1.82) is 0 Å². The molecule has 10 heavy (non-hydrogen) atoms. The number of nitrogens with zero attached hydrogens (tertiary/aromatic N) is 1. The van der Waals surface area contributed by atoms with E-state index in [2.05, 4.69) is 0 Å². The SMILES string of the molecule is CCC(C)(C)N(N)C(C)=O. The van der Waals surface area contributed by atoms with Gasteiger partial charge in [0.05, 0.1) is 5.54 Å². The molecule has 3 nitrogen and oxygen atoms in total. The molecule has 2 N–H and O–H groups in total. The minimum Gasteiger partial charge on any atom is -0.275 e. The highest BCUT2D eigenvalue weighted by Gasteiger charge is 2.23. The van der Waals surface area contributed by atoms with Gasteiger partial charge in [0, 0.05) is 6.92 Å². The molecular weight excluding hydrogens is 128 g/mol. The molecular formula is C7H16N2O. The molecule has 0 bridgehead atoms. The standard InChI is InChI=1S/C7H16N2O/c1-5-7(3,4)9(8)6(2)10/h5,8H2,1-4H3. The van der Waals surface area contributed by atoms with Crippen molar-refractivity contribution in [2.24, 2.45) is 5.84 Å². The molecule has 0 fully saturated rings. The second kappa shape index (κ2) is 3.01. The lowest BCUT2D eigenvalue weighted by Gasteiger charge is -2.32. The van der Waals surface area contributed by atoms with Gasteiger partial charge in [-0.05, 0) is 20.3 Å². The molecule has 0 unspecified atom stereocenters. The van der Waals surface area contributed by atoms with Crippen LogP contribution in [0.4, 0.5) is 0 Å². The van der Waals surface area contributed by atoms with Gasteiger partial charge in [-0.25, -0.2) is 5.84 Å². The number of carbonyl (C=O) groups is 1. The van der Waals surface area contributed by atoms with Gasteiger partial charge in [0.2, 0.25) is 5.91 Å². The first-order valence-corrected chi connectivity index (χ1v) is 3.47. The third kappa shape index (κ3) is 1.99. The Labute approximate surface area is 62.2 Å². The van der Waals surface area contributed by atoms with Crippen molar-refractivity contribution in [3.05, 3.63) is 0 Å². The molecule has 0 rings (SSSR count). The van der Waals surface area contributed by atoms with Crippen molar-refractivity contribution >= 4 is 5.91 Å². The van der Waals surface area contributed by atoms with Crippen LogP contribution < -0.4 is 5.84 Å². The van der Waals surface area contributed by atoms with E-state index in [-0.39, 0.29) is 11.4 Å². The summed E-state index contributed by atoms with van der Waals surface area (Å²) in [5.74, 6) is 5.40. The van der Waals surface area contributed by atoms with Crippen LogP contribution in [0, 0.1) is 0 Å². The minimum absolute atomic E-state index is 0.0909. The Kier molecular flexibility index (Phi) is 2.84. The fraction of sp³-hybridized carbons (Fsp3) is 0.857. The number of rotatable bonds is 2. The number of hydrogen-bond acceptors (Lipinski definition) is 2. The molecule has 0 saturated carbocycles. The lowest BCUT2D eigenvalue weighted by atomic mass is 10.0. The monoisotopic (exact) mass is 144 g/mol. The van der Waals surface area contributed by atoms with Crippen LogP contribution in [0.3, 0.4) is 0 Å². The predicted octanol–water partition coefficient (Wildman–Crippen LogP) is 0.897. The average molecular weight is 144 g/mol. The topological polar surface area (TPSA) is 46.3 Å². The molecule has 3 heteroatoms. The van der Waals surface area contributed by atoms with Crippen LogP contribution in [0.15, 0.2) is 0 Å². The Balaban J connectivity index is 4.17. The summed E-state index contributed by atoms with van der Waals surface area (Å²) in [6.07, 6.45) is 0.864. The lowest BCUT2D eigenvalue weighted by molar-refractivity contribution is -0.134. The molecule has 0 aliphatic carbocycles. The molecule has 0 radical (unpaired) electrons. The fourth-order valence-electron chi connectivity index (χ4n) is 0.597. The minimum atomic E-state index is -0.216. The van der Waals surface area contributed by atoms with E-state index in [1.165, 1.54) is 11.9 Å². The number of hydrazine groups is 1. The van der Waals surface area contributed by atoms with Gasteiger partial charge in [0.25, 0.3) is 0 Å². The van der Waals surface area contributed by atoms with Gasteiger partial charge in [-0.2, -0.15) is 0 Å². The molecule has 0 aliphatic rings. The highest BCUT2D eigenvalue weighted by molar-refractivity contribution is 5.73. The summed E-state index contributed by atoms with van der Waals surface area (Å²) in [5, 5.41) is 1.27. The molecule has 0 saturated heterocycles. The second-order valence-corrected chi connectivity index (χ2v) is 3.06. The maximum atomic E-state index is 10.8. The van der Waals surface area contributed by atoms with Crippen LogP contribution in [0.1, 0.15) is 34.1 Å². The van der Waals surface area contributed by atoms with E-state index in [4.69, 9.17) is 5.84 Å². The van der Waals surface area contributed by atoms with Gasteiger partial charge >= 0.3 is 0 Å². The van der Waals surface area contributed by atoms with E-state index in [0.29, 0.717) is 0 Å². The van der Waals surface area contributed by atoms with Gasteiger partial charge in [0.1, 0.15) is 0 Å². The van der Waals surface area contributed by atoms with Gasteiger partial charge in [-0.1, -0.05) is 6.92 Å². The van der Waals surface area contributed by atoms with Crippen molar-refractivity contribution in [3.8, 4) is 0 Å². The van der Waals surface area contributed by atoms with Crippen LogP contribution in [0.5, 0.6) is 0 Å². The van der Waals surface area contributed by atoms with Crippen molar-refractivity contribution in [1.82, 2.24) is 5.01 Å². The summed E-state index contributed by atoms with van der Waals surface area (Å²) < 4.78 is 0. The maximum Gasteiger partial charge on any atom is 0.233 e. The van der Waals surface area contributed by atoms with E-state index in [1.807, 2.05) is 20.8 Å². The van der Waals surface area contributed by atoms with E-state index in [0.717, 1.165) is 6.42 Å². The molecule has 0 aromatic heterocycles. The number of nitrogens with two attached hydrogens (primary N) is 1.